The van der Waals surface area contributed by atoms with Gasteiger partial charge in [0.25, 0.3) is 0 Å². The molecule has 0 radical (unpaired) electrons. The summed E-state index contributed by atoms with van der Waals surface area (Å²) in [5, 5.41) is 0. The molecule has 0 unspecified atom stereocenters. The summed E-state index contributed by atoms with van der Waals surface area (Å²) in [6, 6.07) is 0. The Labute approximate surface area is 376 Å². The third-order valence-electron chi connectivity index (χ3n) is 22.0. The highest BCUT2D eigenvalue weighted by Gasteiger charge is 2.52. The van der Waals surface area contributed by atoms with Gasteiger partial charge in [-0.25, -0.2) is 0 Å². The second kappa shape index (κ2) is 22.4. The lowest BCUT2D eigenvalue weighted by Crippen LogP contribution is -2.50. The number of allylic oxidation sites excluding steroid dienone is 2. The lowest BCUT2D eigenvalue weighted by molar-refractivity contribution is 0.112. The van der Waals surface area contributed by atoms with Gasteiger partial charge in [-0.15, -0.1) is 0 Å². The summed E-state index contributed by atoms with van der Waals surface area (Å²) in [5.74, 6) is 6.12. The van der Waals surface area contributed by atoms with Crippen LogP contribution in [-0.4, -0.2) is 16.1 Å². The lowest BCUT2D eigenvalue weighted by Gasteiger charge is -2.52. The highest BCUT2D eigenvalue weighted by Crippen LogP contribution is 2.60. The van der Waals surface area contributed by atoms with Gasteiger partial charge >= 0.3 is 0 Å². The minimum atomic E-state index is -1.47. The molecule has 0 atom stereocenters. The maximum Gasteiger partial charge on any atom is 0.0866 e. The van der Waals surface area contributed by atoms with Crippen LogP contribution in [0.2, 0.25) is 33.2 Å². The Kier molecular flexibility index (Phi) is 16.8. The zero-order valence-electron chi connectivity index (χ0n) is 39.9. The number of hydrogen-bond acceptors (Lipinski definition) is 0. The summed E-state index contributed by atoms with van der Waals surface area (Å²) in [4.78, 5) is 0. The monoisotopic (exact) mass is 853 g/mol. The van der Waals surface area contributed by atoms with Crippen molar-refractivity contribution in [3.8, 4) is 0 Å². The van der Waals surface area contributed by atoms with Crippen LogP contribution in [0.25, 0.3) is 0 Å². The van der Waals surface area contributed by atoms with E-state index in [1.807, 2.05) is 0 Å². The highest BCUT2D eigenvalue weighted by molar-refractivity contribution is 6.89. The molecule has 340 valence electrons. The zero-order valence-corrected chi connectivity index (χ0v) is 41.9. The van der Waals surface area contributed by atoms with Crippen molar-refractivity contribution < 1.29 is 0 Å². The maximum absolute atomic E-state index is 3.19. The molecule has 9 aliphatic rings. The molecule has 0 aromatic heterocycles. The average molecular weight is 854 g/mol. The van der Waals surface area contributed by atoms with Crippen LogP contribution < -0.4 is 0 Å². The van der Waals surface area contributed by atoms with Gasteiger partial charge in [-0.3, -0.25) is 0 Å². The summed E-state index contributed by atoms with van der Waals surface area (Å²) in [5.41, 5.74) is 13.2. The highest BCUT2D eigenvalue weighted by atomic mass is 28.3. The Morgan fingerprint density at radius 2 is 0.383 bits per heavy atom. The van der Waals surface area contributed by atoms with Gasteiger partial charge in [-0.2, -0.15) is 0 Å². The first kappa shape index (κ1) is 45.1. The van der Waals surface area contributed by atoms with Crippen LogP contribution >= 0.6 is 0 Å². The molecule has 0 amide bonds. The molecule has 2 heteroatoms. The lowest BCUT2D eigenvalue weighted by atomic mass is 9.65. The molecule has 60 heavy (non-hydrogen) atoms. The molecule has 0 aromatic carbocycles. The minimum Gasteiger partial charge on any atom is -0.0971 e. The molecule has 0 aromatic rings. The fraction of sp³-hybridized carbons (Fsp3) is 0.931. The topological polar surface area (TPSA) is 0 Å². The van der Waals surface area contributed by atoms with E-state index in [1.165, 1.54) is 64.2 Å². The molecule has 0 heterocycles. The summed E-state index contributed by atoms with van der Waals surface area (Å²) < 4.78 is 0. The van der Waals surface area contributed by atoms with Crippen molar-refractivity contribution in [3.63, 3.8) is 0 Å². The molecule has 0 N–H and O–H groups in total. The van der Waals surface area contributed by atoms with Gasteiger partial charge in [-0.1, -0.05) is 216 Å². The third-order valence-corrected chi connectivity index (χ3v) is 35.5. The third kappa shape index (κ3) is 10.5. The van der Waals surface area contributed by atoms with Gasteiger partial charge < -0.3 is 0 Å². The van der Waals surface area contributed by atoms with Crippen LogP contribution in [0.15, 0.2) is 23.6 Å². The predicted molar refractivity (Wildman–Crippen MR) is 267 cm³/mol. The van der Waals surface area contributed by atoms with E-state index >= 15 is 0 Å². The Balaban J connectivity index is 0.772. The van der Waals surface area contributed by atoms with E-state index in [0.29, 0.717) is 0 Å². The Morgan fingerprint density at radius 1 is 0.200 bits per heavy atom. The molecular weight excluding hydrogens is 753 g/mol. The van der Waals surface area contributed by atoms with Crippen molar-refractivity contribution in [1.82, 2.24) is 0 Å². The molecule has 0 nitrogen and oxygen atoms in total. The molecule has 9 aliphatic carbocycles. The van der Waals surface area contributed by atoms with Crippen LogP contribution in [0, 0.1) is 35.5 Å². The first-order valence-electron chi connectivity index (χ1n) is 29.1. The SMILES string of the molecule is C(=C[Si](C1CCCCC1)(C1CCCCC1)C1CCCCC1)C1CCC(C2CCC(C3CCC(C=C[Si](C4CCCCC4)(C4CCCCC4)C4CCCCC4)CC3)CC2)CC1. The van der Waals surface area contributed by atoms with E-state index in [4.69, 9.17) is 0 Å². The van der Waals surface area contributed by atoms with Crippen molar-refractivity contribution in [2.75, 3.05) is 0 Å². The second-order valence-electron chi connectivity index (χ2n) is 24.8. The first-order chi connectivity index (χ1) is 29.7. The molecular formula is C58H100Si2. The largest absolute Gasteiger partial charge is 0.0971 e. The van der Waals surface area contributed by atoms with E-state index in [1.54, 1.807) is 205 Å². The quantitative estimate of drug-likeness (QED) is 0.172. The number of hydrogen-bond donors (Lipinski definition) is 0. The van der Waals surface area contributed by atoms with E-state index in [0.717, 1.165) is 68.8 Å². The molecule has 0 bridgehead atoms. The van der Waals surface area contributed by atoms with Gasteiger partial charge in [0.05, 0.1) is 16.1 Å². The van der Waals surface area contributed by atoms with Gasteiger partial charge in [0, 0.05) is 0 Å². The predicted octanol–water partition coefficient (Wildman–Crippen LogP) is 19.5. The van der Waals surface area contributed by atoms with Crippen molar-refractivity contribution in [2.45, 2.75) is 303 Å². The van der Waals surface area contributed by atoms with Crippen molar-refractivity contribution in [1.29, 1.82) is 0 Å². The van der Waals surface area contributed by atoms with Crippen molar-refractivity contribution >= 4 is 16.1 Å². The summed E-state index contributed by atoms with van der Waals surface area (Å²) in [7, 11) is -2.95. The van der Waals surface area contributed by atoms with Crippen molar-refractivity contribution in [2.24, 2.45) is 35.5 Å². The van der Waals surface area contributed by atoms with Crippen LogP contribution in [0.4, 0.5) is 0 Å². The smallest absolute Gasteiger partial charge is 0.0866 e. The fourth-order valence-corrected chi connectivity index (χ4v) is 34.0. The van der Waals surface area contributed by atoms with Gasteiger partial charge in [0.2, 0.25) is 0 Å². The van der Waals surface area contributed by atoms with Crippen LogP contribution in [-0.2, 0) is 0 Å². The van der Waals surface area contributed by atoms with Crippen LogP contribution in [0.3, 0.4) is 0 Å². The summed E-state index contributed by atoms with van der Waals surface area (Å²) >= 11 is 0. The normalized spacial score (nSPS) is 35.7. The van der Waals surface area contributed by atoms with Crippen LogP contribution in [0.1, 0.15) is 270 Å². The van der Waals surface area contributed by atoms with Crippen molar-refractivity contribution in [3.05, 3.63) is 23.6 Å². The molecule has 9 fully saturated rings. The Morgan fingerprint density at radius 3 is 0.583 bits per heavy atom. The van der Waals surface area contributed by atoms with Gasteiger partial charge in [0.1, 0.15) is 0 Å². The van der Waals surface area contributed by atoms with E-state index in [-0.39, 0.29) is 0 Å². The van der Waals surface area contributed by atoms with Gasteiger partial charge in [0.15, 0.2) is 0 Å². The summed E-state index contributed by atoms with van der Waals surface area (Å²) in [6.07, 6.45) is 72.0. The van der Waals surface area contributed by atoms with E-state index < -0.39 is 16.1 Å². The second-order valence-corrected chi connectivity index (χ2v) is 34.3. The molecule has 0 saturated heterocycles. The zero-order chi connectivity index (χ0) is 40.5. The molecule has 9 saturated carbocycles. The fourth-order valence-electron chi connectivity index (χ4n) is 18.7. The number of rotatable bonds is 12. The Bertz CT molecular complexity index is 1080. The standard InChI is InChI=1S/C58H100Si2/c1-7-19-53(20-8-1)59(54-21-9-2-10-22-54,55-23-11-3-12-24-55)45-43-47-31-35-49(36-32-47)51-39-41-52(42-40-51)50-37-33-48(34-38-50)44-46-60(56-25-13-4-14-26-56,57-27-15-5-16-28-57)58-29-17-6-18-30-58/h43-58H,1-42H2. The maximum atomic E-state index is 3.19. The first-order valence-corrected chi connectivity index (χ1v) is 33.7. The summed E-state index contributed by atoms with van der Waals surface area (Å²) in [6.45, 7) is 0. The van der Waals surface area contributed by atoms with E-state index in [9.17, 15) is 0 Å². The molecule has 0 spiro atoms. The van der Waals surface area contributed by atoms with Gasteiger partial charge in [-0.05, 0) is 146 Å². The average Bonchev–Trinajstić information content (AvgIpc) is 3.34. The molecule has 9 rings (SSSR count). The molecule has 0 aliphatic heterocycles. The minimum absolute atomic E-state index is 0.922. The Hall–Kier alpha value is -0.0862. The van der Waals surface area contributed by atoms with Crippen LogP contribution in [0.5, 0.6) is 0 Å². The van der Waals surface area contributed by atoms with E-state index in [2.05, 4.69) is 23.6 Å².